The van der Waals surface area contributed by atoms with E-state index in [1.807, 2.05) is 54.6 Å². The van der Waals surface area contributed by atoms with E-state index >= 15 is 0 Å². The number of nitrogens with zero attached hydrogens (tertiary/aromatic N) is 1. The van der Waals surface area contributed by atoms with Crippen LogP contribution in [0.1, 0.15) is 11.1 Å². The second-order valence-corrected chi connectivity index (χ2v) is 6.10. The lowest BCUT2D eigenvalue weighted by atomic mass is 10.2. The molecule has 0 aliphatic rings. The summed E-state index contributed by atoms with van der Waals surface area (Å²) in [5.41, 5.74) is 4.34. The van der Waals surface area contributed by atoms with Crippen molar-refractivity contribution in [3.8, 4) is 17.2 Å². The van der Waals surface area contributed by atoms with E-state index in [9.17, 15) is 4.79 Å². The van der Waals surface area contributed by atoms with Crippen molar-refractivity contribution in [2.75, 3.05) is 13.7 Å². The fraction of sp³-hybridized carbons (Fsp3) is 0.130. The number of carbonyl (C=O) groups is 1. The molecule has 0 atom stereocenters. The van der Waals surface area contributed by atoms with Gasteiger partial charge in [-0.15, -0.1) is 0 Å². The fourth-order valence-corrected chi connectivity index (χ4v) is 2.45. The molecule has 0 spiro atoms. The number of hydrogen-bond donors (Lipinski definition) is 1. The average Bonchev–Trinajstić information content (AvgIpc) is 2.78. The first kappa shape index (κ1) is 19.9. The molecule has 0 heterocycles. The summed E-state index contributed by atoms with van der Waals surface area (Å²) in [5.74, 6) is 1.67. The molecule has 6 heteroatoms. The minimum atomic E-state index is -0.353. The second kappa shape index (κ2) is 10.5. The summed E-state index contributed by atoms with van der Waals surface area (Å²) < 4.78 is 16.3. The predicted octanol–water partition coefficient (Wildman–Crippen LogP) is 3.80. The van der Waals surface area contributed by atoms with Crippen LogP contribution in [0.2, 0.25) is 0 Å². The van der Waals surface area contributed by atoms with Crippen molar-refractivity contribution in [1.82, 2.24) is 5.43 Å². The van der Waals surface area contributed by atoms with Gasteiger partial charge in [0.25, 0.3) is 5.91 Å². The summed E-state index contributed by atoms with van der Waals surface area (Å²) in [7, 11) is 1.59. The van der Waals surface area contributed by atoms with Crippen molar-refractivity contribution in [2.24, 2.45) is 5.10 Å². The average molecular weight is 390 g/mol. The van der Waals surface area contributed by atoms with Crippen LogP contribution in [0, 0.1) is 0 Å². The third-order valence-electron chi connectivity index (χ3n) is 3.94. The maximum Gasteiger partial charge on any atom is 0.277 e. The standard InChI is InChI=1S/C23H22N2O4/c1-27-22-9-5-8-19(14-22)15-24-25-23(26)17-29-21-12-10-20(11-13-21)28-16-18-6-3-2-4-7-18/h2-15H,16-17H2,1H3,(H,25,26)/b24-15+. The predicted molar refractivity (Wildman–Crippen MR) is 111 cm³/mol. The molecule has 0 unspecified atom stereocenters. The highest BCUT2D eigenvalue weighted by Gasteiger charge is 2.02. The molecular weight excluding hydrogens is 368 g/mol. The van der Waals surface area contributed by atoms with Gasteiger partial charge in [0.1, 0.15) is 23.9 Å². The quantitative estimate of drug-likeness (QED) is 0.446. The van der Waals surface area contributed by atoms with Gasteiger partial charge in [0.05, 0.1) is 13.3 Å². The highest BCUT2D eigenvalue weighted by molar-refractivity contribution is 5.83. The van der Waals surface area contributed by atoms with Crippen LogP contribution in [0.3, 0.4) is 0 Å². The normalized spacial score (nSPS) is 10.5. The number of ether oxygens (including phenoxy) is 3. The summed E-state index contributed by atoms with van der Waals surface area (Å²) in [6, 6.07) is 24.4. The van der Waals surface area contributed by atoms with Gasteiger partial charge in [0, 0.05) is 0 Å². The number of methoxy groups -OCH3 is 1. The van der Waals surface area contributed by atoms with Gasteiger partial charge in [-0.1, -0.05) is 42.5 Å². The number of rotatable bonds is 9. The number of hydrazone groups is 1. The zero-order valence-electron chi connectivity index (χ0n) is 16.1. The molecule has 0 aliphatic heterocycles. The van der Waals surface area contributed by atoms with Crippen molar-refractivity contribution < 1.29 is 19.0 Å². The summed E-state index contributed by atoms with van der Waals surface area (Å²) in [4.78, 5) is 11.9. The Balaban J connectivity index is 1.41. The Morgan fingerprint density at radius 1 is 0.897 bits per heavy atom. The SMILES string of the molecule is COc1cccc(/C=N/NC(=O)COc2ccc(OCc3ccccc3)cc2)c1. The topological polar surface area (TPSA) is 69.2 Å². The molecule has 3 rings (SSSR count). The smallest absolute Gasteiger partial charge is 0.277 e. The van der Waals surface area contributed by atoms with Crippen molar-refractivity contribution in [1.29, 1.82) is 0 Å². The van der Waals surface area contributed by atoms with E-state index < -0.39 is 0 Å². The van der Waals surface area contributed by atoms with Gasteiger partial charge in [0.15, 0.2) is 6.61 Å². The second-order valence-electron chi connectivity index (χ2n) is 6.10. The molecule has 0 fully saturated rings. The van der Waals surface area contributed by atoms with E-state index in [0.717, 1.165) is 22.6 Å². The van der Waals surface area contributed by atoms with Crippen LogP contribution < -0.4 is 19.6 Å². The highest BCUT2D eigenvalue weighted by Crippen LogP contribution is 2.18. The van der Waals surface area contributed by atoms with Crippen LogP contribution >= 0.6 is 0 Å². The molecule has 6 nitrogen and oxygen atoms in total. The van der Waals surface area contributed by atoms with E-state index in [1.54, 1.807) is 37.6 Å². The lowest BCUT2D eigenvalue weighted by Crippen LogP contribution is -2.24. The number of amides is 1. The van der Waals surface area contributed by atoms with Crippen molar-refractivity contribution in [3.63, 3.8) is 0 Å². The van der Waals surface area contributed by atoms with Crippen LogP contribution in [0.4, 0.5) is 0 Å². The van der Waals surface area contributed by atoms with Crippen LogP contribution in [0.25, 0.3) is 0 Å². The van der Waals surface area contributed by atoms with Gasteiger partial charge < -0.3 is 14.2 Å². The molecule has 0 saturated carbocycles. The Labute approximate surface area is 169 Å². The van der Waals surface area contributed by atoms with Crippen molar-refractivity contribution >= 4 is 12.1 Å². The van der Waals surface area contributed by atoms with Crippen LogP contribution in [-0.4, -0.2) is 25.8 Å². The number of hydrogen-bond acceptors (Lipinski definition) is 5. The Hall–Kier alpha value is -3.80. The molecule has 3 aromatic carbocycles. The van der Waals surface area contributed by atoms with E-state index in [-0.39, 0.29) is 12.5 Å². The number of carbonyl (C=O) groups excluding carboxylic acids is 1. The first-order chi connectivity index (χ1) is 14.2. The molecule has 0 aliphatic carbocycles. The number of nitrogens with one attached hydrogen (secondary N) is 1. The summed E-state index contributed by atoms with van der Waals surface area (Å²) >= 11 is 0. The molecule has 148 valence electrons. The summed E-state index contributed by atoms with van der Waals surface area (Å²) in [6.45, 7) is 0.356. The molecule has 29 heavy (non-hydrogen) atoms. The monoisotopic (exact) mass is 390 g/mol. The third-order valence-corrected chi connectivity index (χ3v) is 3.94. The molecule has 1 amide bonds. The van der Waals surface area contributed by atoms with Crippen LogP contribution in [-0.2, 0) is 11.4 Å². The Kier molecular flexibility index (Phi) is 7.23. The minimum Gasteiger partial charge on any atom is -0.497 e. The maximum atomic E-state index is 11.9. The van der Waals surface area contributed by atoms with Gasteiger partial charge in [-0.05, 0) is 47.5 Å². The van der Waals surface area contributed by atoms with Gasteiger partial charge in [-0.2, -0.15) is 5.10 Å². The lowest BCUT2D eigenvalue weighted by molar-refractivity contribution is -0.123. The molecule has 0 aromatic heterocycles. The molecule has 1 N–H and O–H groups in total. The molecular formula is C23H22N2O4. The van der Waals surface area contributed by atoms with E-state index in [2.05, 4.69) is 10.5 Å². The Morgan fingerprint density at radius 3 is 2.34 bits per heavy atom. The molecule has 0 bridgehead atoms. The van der Waals surface area contributed by atoms with E-state index in [0.29, 0.717) is 12.4 Å². The molecule has 0 radical (unpaired) electrons. The van der Waals surface area contributed by atoms with Crippen molar-refractivity contribution in [3.05, 3.63) is 90.0 Å². The Bertz CT molecular complexity index is 941. The van der Waals surface area contributed by atoms with Crippen LogP contribution in [0.5, 0.6) is 17.2 Å². The number of benzene rings is 3. The largest absolute Gasteiger partial charge is 0.497 e. The van der Waals surface area contributed by atoms with Gasteiger partial charge in [-0.25, -0.2) is 5.43 Å². The summed E-state index contributed by atoms with van der Waals surface area (Å²) in [5, 5.41) is 3.92. The molecule has 0 saturated heterocycles. The third kappa shape index (κ3) is 6.70. The molecule has 3 aromatic rings. The van der Waals surface area contributed by atoms with E-state index in [1.165, 1.54) is 0 Å². The zero-order chi connectivity index (χ0) is 20.3. The Morgan fingerprint density at radius 2 is 1.62 bits per heavy atom. The lowest BCUT2D eigenvalue weighted by Gasteiger charge is -2.08. The summed E-state index contributed by atoms with van der Waals surface area (Å²) in [6.07, 6.45) is 1.54. The van der Waals surface area contributed by atoms with Gasteiger partial charge in [0.2, 0.25) is 0 Å². The van der Waals surface area contributed by atoms with E-state index in [4.69, 9.17) is 14.2 Å². The highest BCUT2D eigenvalue weighted by atomic mass is 16.5. The first-order valence-electron chi connectivity index (χ1n) is 9.08. The first-order valence-corrected chi connectivity index (χ1v) is 9.08. The maximum absolute atomic E-state index is 11.9. The zero-order valence-corrected chi connectivity index (χ0v) is 16.1. The van der Waals surface area contributed by atoms with Crippen LogP contribution in [0.15, 0.2) is 84.0 Å². The van der Waals surface area contributed by atoms with Gasteiger partial charge >= 0.3 is 0 Å². The fourth-order valence-electron chi connectivity index (χ4n) is 2.45. The van der Waals surface area contributed by atoms with Crippen molar-refractivity contribution in [2.45, 2.75) is 6.61 Å². The minimum absolute atomic E-state index is 0.139. The van der Waals surface area contributed by atoms with Gasteiger partial charge in [-0.3, -0.25) is 4.79 Å².